The molecule has 1 heterocycles. The Hall–Kier alpha value is -1.44. The van der Waals surface area contributed by atoms with Crippen molar-refractivity contribution < 1.29 is 9.90 Å². The highest BCUT2D eigenvalue weighted by Gasteiger charge is 2.17. The molecule has 1 atom stereocenters. The van der Waals surface area contributed by atoms with E-state index in [1.807, 2.05) is 30.8 Å². The van der Waals surface area contributed by atoms with E-state index in [0.717, 1.165) is 29.7 Å². The minimum atomic E-state index is -0.171. The van der Waals surface area contributed by atoms with Crippen molar-refractivity contribution in [3.8, 4) is 11.8 Å². The molecule has 1 aliphatic heterocycles. The molecule has 0 radical (unpaired) electrons. The zero-order valence-corrected chi connectivity index (χ0v) is 12.4. The Bertz CT molecular complexity index is 539. The van der Waals surface area contributed by atoms with E-state index < -0.39 is 0 Å². The number of aryl methyl sites for hydroxylation is 1. The number of aliphatic hydroxyl groups excluding tert-OH is 1. The number of rotatable bonds is 2. The Labute approximate surface area is 124 Å². The second-order valence-electron chi connectivity index (χ2n) is 4.88. The van der Waals surface area contributed by atoms with Gasteiger partial charge in [-0.1, -0.05) is 17.9 Å². The highest BCUT2D eigenvalue weighted by Crippen LogP contribution is 2.17. The number of carbonyl (C=O) groups excluding carboxylic acids is 1. The van der Waals surface area contributed by atoms with Gasteiger partial charge in [0.1, 0.15) is 6.61 Å². The largest absolute Gasteiger partial charge is 0.384 e. The van der Waals surface area contributed by atoms with Crippen LogP contribution in [0.1, 0.15) is 34.3 Å². The molecule has 1 amide bonds. The number of thioether (sulfide) groups is 1. The van der Waals surface area contributed by atoms with Crippen LogP contribution in [-0.4, -0.2) is 35.2 Å². The second-order valence-corrected chi connectivity index (χ2v) is 6.03. The fraction of sp³-hybridized carbons (Fsp3) is 0.438. The molecule has 2 rings (SSSR count). The Morgan fingerprint density at radius 2 is 2.40 bits per heavy atom. The number of carbonyl (C=O) groups is 1. The average molecular weight is 289 g/mol. The van der Waals surface area contributed by atoms with Gasteiger partial charge in [0, 0.05) is 22.9 Å². The van der Waals surface area contributed by atoms with Crippen molar-refractivity contribution in [2.24, 2.45) is 0 Å². The highest BCUT2D eigenvalue weighted by molar-refractivity contribution is 7.99. The van der Waals surface area contributed by atoms with Crippen LogP contribution in [-0.2, 0) is 0 Å². The topological polar surface area (TPSA) is 49.3 Å². The summed E-state index contributed by atoms with van der Waals surface area (Å²) in [4.78, 5) is 12.2. The van der Waals surface area contributed by atoms with Gasteiger partial charge in [0.2, 0.25) is 0 Å². The molecule has 2 N–H and O–H groups in total. The minimum Gasteiger partial charge on any atom is -0.384 e. The van der Waals surface area contributed by atoms with Crippen molar-refractivity contribution in [1.82, 2.24) is 5.32 Å². The van der Waals surface area contributed by atoms with E-state index >= 15 is 0 Å². The predicted octanol–water partition coefficient (Wildman–Crippen LogP) is 1.96. The first kappa shape index (κ1) is 15.0. The summed E-state index contributed by atoms with van der Waals surface area (Å²) >= 11 is 1.89. The second kappa shape index (κ2) is 7.37. The third-order valence-electron chi connectivity index (χ3n) is 3.30. The van der Waals surface area contributed by atoms with Gasteiger partial charge in [-0.15, -0.1) is 0 Å². The third kappa shape index (κ3) is 4.03. The fourth-order valence-corrected chi connectivity index (χ4v) is 3.23. The molecule has 1 aromatic rings. The summed E-state index contributed by atoms with van der Waals surface area (Å²) in [5, 5.41) is 11.8. The van der Waals surface area contributed by atoms with E-state index in [2.05, 4.69) is 17.2 Å². The molecule has 3 nitrogen and oxygen atoms in total. The third-order valence-corrected chi connectivity index (χ3v) is 4.51. The molecule has 0 spiro atoms. The van der Waals surface area contributed by atoms with Crippen molar-refractivity contribution in [3.05, 3.63) is 34.9 Å². The molecule has 0 aromatic heterocycles. The van der Waals surface area contributed by atoms with Gasteiger partial charge < -0.3 is 10.4 Å². The maximum Gasteiger partial charge on any atom is 0.251 e. The molecular formula is C16H19NO2S. The SMILES string of the molecule is Cc1ccc(C(=O)NC2CCCSC2)cc1C#CCO. The summed E-state index contributed by atoms with van der Waals surface area (Å²) in [6, 6.07) is 5.79. The van der Waals surface area contributed by atoms with Crippen molar-refractivity contribution in [2.75, 3.05) is 18.1 Å². The number of nitrogens with one attached hydrogen (secondary N) is 1. The van der Waals surface area contributed by atoms with Crippen LogP contribution in [0.4, 0.5) is 0 Å². The number of amides is 1. The standard InChI is InChI=1S/C16H19NO2S/c1-12-6-7-14(10-13(12)4-2-8-18)16(19)17-15-5-3-9-20-11-15/h6-7,10,15,18H,3,5,8-9,11H2,1H3,(H,17,19). The quantitative estimate of drug-likeness (QED) is 0.818. The van der Waals surface area contributed by atoms with Gasteiger partial charge in [-0.25, -0.2) is 0 Å². The van der Waals surface area contributed by atoms with E-state index in [9.17, 15) is 4.79 Å². The normalized spacial score (nSPS) is 18.0. The van der Waals surface area contributed by atoms with Crippen LogP contribution in [0.25, 0.3) is 0 Å². The summed E-state index contributed by atoms with van der Waals surface area (Å²) < 4.78 is 0. The van der Waals surface area contributed by atoms with Crippen molar-refractivity contribution in [3.63, 3.8) is 0 Å². The molecule has 20 heavy (non-hydrogen) atoms. The Morgan fingerprint density at radius 3 is 3.10 bits per heavy atom. The van der Waals surface area contributed by atoms with E-state index in [-0.39, 0.29) is 18.6 Å². The van der Waals surface area contributed by atoms with Gasteiger partial charge in [0.25, 0.3) is 5.91 Å². The first-order valence-electron chi connectivity index (χ1n) is 6.79. The van der Waals surface area contributed by atoms with E-state index in [4.69, 9.17) is 5.11 Å². The molecule has 0 aliphatic carbocycles. The van der Waals surface area contributed by atoms with Gasteiger partial charge in [-0.05, 0) is 43.2 Å². The molecule has 1 unspecified atom stereocenters. The van der Waals surface area contributed by atoms with Crippen molar-refractivity contribution >= 4 is 17.7 Å². The van der Waals surface area contributed by atoms with Crippen molar-refractivity contribution in [2.45, 2.75) is 25.8 Å². The van der Waals surface area contributed by atoms with Gasteiger partial charge in [-0.3, -0.25) is 4.79 Å². The molecule has 4 heteroatoms. The number of aliphatic hydroxyl groups is 1. The molecule has 1 saturated heterocycles. The summed E-state index contributed by atoms with van der Waals surface area (Å²) in [6.45, 7) is 1.77. The van der Waals surface area contributed by atoms with Gasteiger partial charge in [-0.2, -0.15) is 11.8 Å². The van der Waals surface area contributed by atoms with E-state index in [1.54, 1.807) is 6.07 Å². The number of hydrogen-bond donors (Lipinski definition) is 2. The molecule has 106 valence electrons. The molecule has 1 aliphatic rings. The first-order valence-corrected chi connectivity index (χ1v) is 7.95. The van der Waals surface area contributed by atoms with Crippen LogP contribution in [0.15, 0.2) is 18.2 Å². The van der Waals surface area contributed by atoms with Crippen LogP contribution in [0.2, 0.25) is 0 Å². The van der Waals surface area contributed by atoms with Crippen LogP contribution in [0.5, 0.6) is 0 Å². The lowest BCUT2D eigenvalue weighted by Crippen LogP contribution is -2.38. The lowest BCUT2D eigenvalue weighted by molar-refractivity contribution is 0.0938. The molecular weight excluding hydrogens is 270 g/mol. The van der Waals surface area contributed by atoms with Gasteiger partial charge >= 0.3 is 0 Å². The number of hydrogen-bond acceptors (Lipinski definition) is 3. The fourth-order valence-electron chi connectivity index (χ4n) is 2.16. The maximum atomic E-state index is 12.2. The highest BCUT2D eigenvalue weighted by atomic mass is 32.2. The monoisotopic (exact) mass is 289 g/mol. The van der Waals surface area contributed by atoms with Crippen LogP contribution in [0, 0.1) is 18.8 Å². The predicted molar refractivity (Wildman–Crippen MR) is 83.0 cm³/mol. The molecule has 0 saturated carbocycles. The maximum absolute atomic E-state index is 12.2. The van der Waals surface area contributed by atoms with E-state index in [0.29, 0.717) is 5.56 Å². The zero-order valence-electron chi connectivity index (χ0n) is 11.6. The first-order chi connectivity index (χ1) is 9.70. The summed E-state index contributed by atoms with van der Waals surface area (Å²) in [5.41, 5.74) is 2.44. The Morgan fingerprint density at radius 1 is 1.55 bits per heavy atom. The van der Waals surface area contributed by atoms with Crippen LogP contribution in [0.3, 0.4) is 0 Å². The summed E-state index contributed by atoms with van der Waals surface area (Å²) in [7, 11) is 0. The lowest BCUT2D eigenvalue weighted by Gasteiger charge is -2.22. The Kier molecular flexibility index (Phi) is 5.51. The van der Waals surface area contributed by atoms with Crippen LogP contribution >= 0.6 is 11.8 Å². The minimum absolute atomic E-state index is 0.0375. The molecule has 0 bridgehead atoms. The average Bonchev–Trinajstić information content (AvgIpc) is 2.47. The summed E-state index contributed by atoms with van der Waals surface area (Å²) in [6.07, 6.45) is 2.22. The molecule has 1 fully saturated rings. The van der Waals surface area contributed by atoms with Crippen molar-refractivity contribution in [1.29, 1.82) is 0 Å². The molecule has 1 aromatic carbocycles. The van der Waals surface area contributed by atoms with Gasteiger partial charge in [0.05, 0.1) is 0 Å². The Balaban J connectivity index is 2.09. The zero-order chi connectivity index (χ0) is 14.4. The van der Waals surface area contributed by atoms with Gasteiger partial charge in [0.15, 0.2) is 0 Å². The van der Waals surface area contributed by atoms with E-state index in [1.165, 1.54) is 5.75 Å². The van der Waals surface area contributed by atoms with Crippen LogP contribution < -0.4 is 5.32 Å². The summed E-state index contributed by atoms with van der Waals surface area (Å²) in [5.74, 6) is 7.65. The smallest absolute Gasteiger partial charge is 0.251 e. The lowest BCUT2D eigenvalue weighted by atomic mass is 10.0. The number of benzene rings is 1.